The first-order valence-corrected chi connectivity index (χ1v) is 7.15. The van der Waals surface area contributed by atoms with Gasteiger partial charge in [-0.2, -0.15) is 0 Å². The first-order valence-electron chi connectivity index (χ1n) is 7.15. The second-order valence-electron chi connectivity index (χ2n) is 4.97. The Morgan fingerprint density at radius 2 is 1.62 bits per heavy atom. The average molecular weight is 284 g/mol. The molecular weight excluding hydrogens is 264 g/mol. The second-order valence-corrected chi connectivity index (χ2v) is 4.97. The largest absolute Gasteiger partial charge is 0.461 e. The van der Waals surface area contributed by atoms with E-state index in [1.54, 1.807) is 0 Å². The zero-order valence-corrected chi connectivity index (χ0v) is 11.9. The topological polar surface area (TPSA) is 46.5 Å². The Labute approximate surface area is 125 Å². The molecular formula is C18H20O3. The molecule has 0 fully saturated rings. The van der Waals surface area contributed by atoms with Crippen molar-refractivity contribution >= 4 is 5.97 Å². The Morgan fingerprint density at radius 1 is 1.00 bits per heavy atom. The molecule has 0 amide bonds. The van der Waals surface area contributed by atoms with Crippen molar-refractivity contribution in [1.82, 2.24) is 0 Å². The summed E-state index contributed by atoms with van der Waals surface area (Å²) in [4.78, 5) is 12.0. The van der Waals surface area contributed by atoms with Gasteiger partial charge in [0.25, 0.3) is 0 Å². The number of esters is 1. The number of rotatable bonds is 7. The number of aliphatic hydroxyl groups excluding tert-OH is 1. The number of ether oxygens (including phenoxy) is 1. The summed E-state index contributed by atoms with van der Waals surface area (Å²) < 4.78 is 5.31. The summed E-state index contributed by atoms with van der Waals surface area (Å²) in [7, 11) is 0. The van der Waals surface area contributed by atoms with Crippen molar-refractivity contribution in [1.29, 1.82) is 0 Å². The summed E-state index contributed by atoms with van der Waals surface area (Å²) in [5.74, 6) is -0.236. The Kier molecular flexibility index (Phi) is 5.98. The second kappa shape index (κ2) is 8.22. The fourth-order valence-corrected chi connectivity index (χ4v) is 2.27. The predicted octanol–water partition coefficient (Wildman–Crippen LogP) is 3.29. The summed E-state index contributed by atoms with van der Waals surface area (Å²) in [5, 5.41) is 9.17. The molecule has 0 unspecified atom stereocenters. The highest BCUT2D eigenvalue weighted by Gasteiger charge is 2.16. The summed E-state index contributed by atoms with van der Waals surface area (Å²) in [5.41, 5.74) is 2.03. The average Bonchev–Trinajstić information content (AvgIpc) is 2.54. The molecule has 0 radical (unpaired) electrons. The number of hydrogen-bond acceptors (Lipinski definition) is 3. The third kappa shape index (κ3) is 5.04. The van der Waals surface area contributed by atoms with E-state index in [-0.39, 0.29) is 24.9 Å². The van der Waals surface area contributed by atoms with Crippen molar-refractivity contribution in [2.45, 2.75) is 25.4 Å². The first kappa shape index (κ1) is 15.3. The number of carbonyl (C=O) groups excluding carboxylic acids is 1. The maximum atomic E-state index is 12.0. The Bertz CT molecular complexity index is 537. The molecule has 3 nitrogen and oxygen atoms in total. The Hall–Kier alpha value is -2.13. The van der Waals surface area contributed by atoms with E-state index < -0.39 is 0 Å². The first-order chi connectivity index (χ1) is 10.3. The minimum Gasteiger partial charge on any atom is -0.461 e. The quantitative estimate of drug-likeness (QED) is 0.794. The lowest BCUT2D eigenvalue weighted by molar-refractivity contribution is -0.145. The van der Waals surface area contributed by atoms with Crippen molar-refractivity contribution in [2.75, 3.05) is 6.61 Å². The van der Waals surface area contributed by atoms with Crippen LogP contribution in [0.3, 0.4) is 0 Å². The summed E-state index contributed by atoms with van der Waals surface area (Å²) in [6, 6.07) is 19.4. The number of benzene rings is 2. The van der Waals surface area contributed by atoms with E-state index in [0.717, 1.165) is 11.1 Å². The van der Waals surface area contributed by atoms with Gasteiger partial charge in [-0.15, -0.1) is 0 Å². The highest BCUT2D eigenvalue weighted by atomic mass is 16.5. The minimum atomic E-state index is -0.235. The normalized spacial score (nSPS) is 11.9. The molecule has 0 heterocycles. The van der Waals surface area contributed by atoms with Gasteiger partial charge in [-0.3, -0.25) is 4.79 Å². The molecule has 0 saturated heterocycles. The van der Waals surface area contributed by atoms with Crippen LogP contribution in [-0.2, 0) is 16.1 Å². The third-order valence-electron chi connectivity index (χ3n) is 3.40. The van der Waals surface area contributed by atoms with E-state index in [1.165, 1.54) is 0 Å². The number of hydrogen-bond donors (Lipinski definition) is 1. The number of carbonyl (C=O) groups is 1. The molecule has 1 atom stereocenters. The molecule has 0 aliphatic heterocycles. The van der Waals surface area contributed by atoms with Crippen LogP contribution >= 0.6 is 0 Å². The van der Waals surface area contributed by atoms with E-state index >= 15 is 0 Å². The maximum Gasteiger partial charge on any atom is 0.306 e. The predicted molar refractivity (Wildman–Crippen MR) is 81.7 cm³/mol. The molecule has 0 bridgehead atoms. The monoisotopic (exact) mass is 284 g/mol. The van der Waals surface area contributed by atoms with Crippen molar-refractivity contribution in [3.8, 4) is 0 Å². The van der Waals surface area contributed by atoms with Gasteiger partial charge in [0, 0.05) is 6.61 Å². The number of aliphatic hydroxyl groups is 1. The van der Waals surface area contributed by atoms with Crippen molar-refractivity contribution in [3.63, 3.8) is 0 Å². The summed E-state index contributed by atoms with van der Waals surface area (Å²) in [6.45, 7) is 0.353. The van der Waals surface area contributed by atoms with Gasteiger partial charge >= 0.3 is 5.97 Å². The van der Waals surface area contributed by atoms with Crippen LogP contribution in [0.25, 0.3) is 0 Å². The lowest BCUT2D eigenvalue weighted by atomic mass is 9.93. The molecule has 0 aromatic heterocycles. The molecule has 2 rings (SSSR count). The lowest BCUT2D eigenvalue weighted by Crippen LogP contribution is -2.12. The van der Waals surface area contributed by atoms with E-state index in [0.29, 0.717) is 13.0 Å². The molecule has 2 aromatic rings. The van der Waals surface area contributed by atoms with Gasteiger partial charge < -0.3 is 9.84 Å². The zero-order valence-electron chi connectivity index (χ0n) is 11.9. The maximum absolute atomic E-state index is 12.0. The van der Waals surface area contributed by atoms with Crippen molar-refractivity contribution in [3.05, 3.63) is 71.8 Å². The molecule has 1 N–H and O–H groups in total. The van der Waals surface area contributed by atoms with E-state index in [4.69, 9.17) is 9.84 Å². The van der Waals surface area contributed by atoms with Crippen LogP contribution in [-0.4, -0.2) is 17.7 Å². The molecule has 3 heteroatoms. The minimum absolute atomic E-state index is 0.000488. The fourth-order valence-electron chi connectivity index (χ4n) is 2.27. The van der Waals surface area contributed by atoms with Crippen LogP contribution in [0, 0.1) is 0 Å². The zero-order chi connectivity index (χ0) is 14.9. The van der Waals surface area contributed by atoms with Gasteiger partial charge in [0.1, 0.15) is 6.61 Å². The molecule has 0 saturated carbocycles. The van der Waals surface area contributed by atoms with Crippen LogP contribution in [0.5, 0.6) is 0 Å². The standard InChI is InChI=1S/C18H20O3/c19-12-11-17(16-9-5-2-6-10-16)13-18(20)21-14-15-7-3-1-4-8-15/h1-10,17,19H,11-14H2/t17-/m1/s1. The molecule has 0 aliphatic rings. The molecule has 21 heavy (non-hydrogen) atoms. The van der Waals surface area contributed by atoms with Crippen LogP contribution < -0.4 is 0 Å². The fraction of sp³-hybridized carbons (Fsp3) is 0.278. The van der Waals surface area contributed by atoms with Gasteiger partial charge in [-0.25, -0.2) is 0 Å². The molecule has 110 valence electrons. The third-order valence-corrected chi connectivity index (χ3v) is 3.40. The van der Waals surface area contributed by atoms with Gasteiger partial charge in [0.05, 0.1) is 6.42 Å². The van der Waals surface area contributed by atoms with Gasteiger partial charge in [0.15, 0.2) is 0 Å². The van der Waals surface area contributed by atoms with Crippen LogP contribution in [0.2, 0.25) is 0 Å². The highest BCUT2D eigenvalue weighted by Crippen LogP contribution is 2.23. The Balaban J connectivity index is 1.89. The SMILES string of the molecule is O=C(C[C@@H](CCO)c1ccccc1)OCc1ccccc1. The van der Waals surface area contributed by atoms with Crippen LogP contribution in [0.1, 0.15) is 29.9 Å². The summed E-state index contributed by atoms with van der Waals surface area (Å²) in [6.07, 6.45) is 0.849. The molecule has 0 aliphatic carbocycles. The van der Waals surface area contributed by atoms with Crippen LogP contribution in [0.4, 0.5) is 0 Å². The summed E-state index contributed by atoms with van der Waals surface area (Å²) >= 11 is 0. The molecule has 2 aromatic carbocycles. The van der Waals surface area contributed by atoms with Gasteiger partial charge in [-0.05, 0) is 23.5 Å². The smallest absolute Gasteiger partial charge is 0.306 e. The van der Waals surface area contributed by atoms with E-state index in [9.17, 15) is 4.79 Å². The van der Waals surface area contributed by atoms with Crippen molar-refractivity contribution < 1.29 is 14.6 Å². The highest BCUT2D eigenvalue weighted by molar-refractivity contribution is 5.70. The van der Waals surface area contributed by atoms with Gasteiger partial charge in [0.2, 0.25) is 0 Å². The van der Waals surface area contributed by atoms with Gasteiger partial charge in [-0.1, -0.05) is 60.7 Å². The van der Waals surface area contributed by atoms with E-state index in [2.05, 4.69) is 0 Å². The van der Waals surface area contributed by atoms with Crippen molar-refractivity contribution in [2.24, 2.45) is 0 Å². The lowest BCUT2D eigenvalue weighted by Gasteiger charge is -2.15. The van der Waals surface area contributed by atoms with E-state index in [1.807, 2.05) is 60.7 Å². The van der Waals surface area contributed by atoms with Crippen LogP contribution in [0.15, 0.2) is 60.7 Å². The molecule has 0 spiro atoms. The Morgan fingerprint density at radius 3 is 2.24 bits per heavy atom.